The number of likely N-dealkylation sites (N-methyl/N-ethyl adjacent to an activating group) is 1. The summed E-state index contributed by atoms with van der Waals surface area (Å²) in [6, 6.07) is 6.63. The molecule has 0 aliphatic carbocycles. The van der Waals surface area contributed by atoms with E-state index in [9.17, 15) is 9.18 Å². The Morgan fingerprint density at radius 2 is 1.92 bits per heavy atom. The highest BCUT2D eigenvalue weighted by atomic mass is 19.1. The number of rotatable bonds is 3. The number of hydrogen-bond acceptors (Lipinski definition) is 4. The molecule has 25 heavy (non-hydrogen) atoms. The molecule has 0 saturated carbocycles. The van der Waals surface area contributed by atoms with Crippen molar-refractivity contribution in [1.82, 2.24) is 14.7 Å². The van der Waals surface area contributed by atoms with Gasteiger partial charge in [0.1, 0.15) is 11.6 Å². The van der Waals surface area contributed by atoms with E-state index in [4.69, 9.17) is 0 Å². The molecule has 1 fully saturated rings. The fraction of sp³-hybridized carbons (Fsp3) is 0.444. The van der Waals surface area contributed by atoms with Gasteiger partial charge in [0, 0.05) is 44.4 Å². The Balaban J connectivity index is 1.51. The highest BCUT2D eigenvalue weighted by Crippen LogP contribution is 2.26. The van der Waals surface area contributed by atoms with Crippen molar-refractivity contribution < 1.29 is 9.18 Å². The molecule has 0 radical (unpaired) electrons. The summed E-state index contributed by atoms with van der Waals surface area (Å²) < 4.78 is 16.4. The average Bonchev–Trinajstić information content (AvgIpc) is 3.25. The average molecular weight is 343 g/mol. The zero-order chi connectivity index (χ0) is 17.4. The lowest BCUT2D eigenvalue weighted by atomic mass is 10.1. The van der Waals surface area contributed by atoms with Gasteiger partial charge in [-0.1, -0.05) is 6.92 Å². The van der Waals surface area contributed by atoms with Crippen LogP contribution in [0.4, 0.5) is 15.9 Å². The van der Waals surface area contributed by atoms with Crippen LogP contribution in [0, 0.1) is 5.82 Å². The van der Waals surface area contributed by atoms with Crippen molar-refractivity contribution in [2.75, 3.05) is 49.1 Å². The molecule has 2 aromatic rings. The number of nitrogens with zero attached hydrogens (tertiary/aromatic N) is 5. The Morgan fingerprint density at radius 1 is 1.12 bits per heavy atom. The molecule has 1 aromatic heterocycles. The fourth-order valence-corrected chi connectivity index (χ4v) is 3.60. The third-order valence-electron chi connectivity index (χ3n) is 5.11. The smallest absolute Gasteiger partial charge is 0.259 e. The van der Waals surface area contributed by atoms with Gasteiger partial charge in [0.15, 0.2) is 0 Å². The van der Waals surface area contributed by atoms with Crippen molar-refractivity contribution in [3.05, 3.63) is 41.8 Å². The zero-order valence-corrected chi connectivity index (χ0v) is 14.4. The van der Waals surface area contributed by atoms with Crippen molar-refractivity contribution >= 4 is 17.4 Å². The van der Waals surface area contributed by atoms with Crippen molar-refractivity contribution in [2.45, 2.75) is 13.5 Å². The van der Waals surface area contributed by atoms with Gasteiger partial charge in [-0.25, -0.2) is 9.07 Å². The molecule has 2 aliphatic rings. The summed E-state index contributed by atoms with van der Waals surface area (Å²) in [4.78, 5) is 18.8. The highest BCUT2D eigenvalue weighted by molar-refractivity contribution is 6.06. The van der Waals surface area contributed by atoms with Crippen LogP contribution in [0.3, 0.4) is 0 Å². The van der Waals surface area contributed by atoms with E-state index in [0.29, 0.717) is 24.3 Å². The van der Waals surface area contributed by atoms with E-state index >= 15 is 0 Å². The third-order valence-corrected chi connectivity index (χ3v) is 5.11. The maximum absolute atomic E-state index is 14.7. The van der Waals surface area contributed by atoms with Gasteiger partial charge in [-0.05, 0) is 24.7 Å². The van der Waals surface area contributed by atoms with Gasteiger partial charge >= 0.3 is 0 Å². The van der Waals surface area contributed by atoms with Crippen LogP contribution in [0.2, 0.25) is 0 Å². The molecule has 1 amide bonds. The van der Waals surface area contributed by atoms with Gasteiger partial charge in [-0.3, -0.25) is 9.69 Å². The van der Waals surface area contributed by atoms with Crippen LogP contribution in [-0.2, 0) is 6.54 Å². The zero-order valence-electron chi connectivity index (χ0n) is 14.4. The van der Waals surface area contributed by atoms with Crippen molar-refractivity contribution in [1.29, 1.82) is 0 Å². The first-order chi connectivity index (χ1) is 12.2. The number of benzene rings is 1. The fourth-order valence-electron chi connectivity index (χ4n) is 3.60. The highest BCUT2D eigenvalue weighted by Gasteiger charge is 2.27. The maximum Gasteiger partial charge on any atom is 0.259 e. The number of aromatic nitrogens is 2. The normalized spacial score (nSPS) is 17.8. The van der Waals surface area contributed by atoms with Gasteiger partial charge in [0.2, 0.25) is 0 Å². The molecule has 6 nitrogen and oxygen atoms in total. The van der Waals surface area contributed by atoms with E-state index in [-0.39, 0.29) is 11.7 Å². The second kappa shape index (κ2) is 6.48. The minimum absolute atomic E-state index is 0.180. The van der Waals surface area contributed by atoms with Gasteiger partial charge in [0.05, 0.1) is 18.4 Å². The largest absolute Gasteiger partial charge is 0.367 e. The predicted octanol–water partition coefficient (Wildman–Crippen LogP) is 1.82. The second-order valence-electron chi connectivity index (χ2n) is 6.46. The molecule has 7 heteroatoms. The molecule has 0 atom stereocenters. The Kier molecular flexibility index (Phi) is 4.17. The van der Waals surface area contributed by atoms with Crippen LogP contribution >= 0.6 is 0 Å². The van der Waals surface area contributed by atoms with Gasteiger partial charge < -0.3 is 9.80 Å². The monoisotopic (exact) mass is 343 g/mol. The summed E-state index contributed by atoms with van der Waals surface area (Å²) in [5.74, 6) is 0.258. The molecule has 0 spiro atoms. The number of anilines is 2. The Bertz CT molecular complexity index is 782. The summed E-state index contributed by atoms with van der Waals surface area (Å²) in [6.45, 7) is 7.91. The summed E-state index contributed by atoms with van der Waals surface area (Å²) in [6.07, 6.45) is 1.68. The summed E-state index contributed by atoms with van der Waals surface area (Å²) >= 11 is 0. The van der Waals surface area contributed by atoms with Crippen LogP contribution in [-0.4, -0.2) is 59.9 Å². The molecular formula is C18H22FN5O. The van der Waals surface area contributed by atoms with Crippen LogP contribution in [0.1, 0.15) is 17.3 Å². The number of halogens is 1. The van der Waals surface area contributed by atoms with E-state index in [2.05, 4.69) is 21.8 Å². The maximum atomic E-state index is 14.7. The third kappa shape index (κ3) is 2.89. The molecule has 1 aromatic carbocycles. The van der Waals surface area contributed by atoms with Crippen molar-refractivity contribution in [3.63, 3.8) is 0 Å². The Labute approximate surface area is 146 Å². The second-order valence-corrected chi connectivity index (χ2v) is 6.46. The summed E-state index contributed by atoms with van der Waals surface area (Å²) in [7, 11) is 0. The number of amides is 1. The lowest BCUT2D eigenvalue weighted by Gasteiger charge is -2.35. The standard InChI is InChI=1S/C18H22FN5O/c1-2-21-7-9-22(10-8-21)16-4-3-14(13-15(16)19)18(25)23-11-12-24-17(23)5-6-20-24/h3-6,13H,2,7-12H2,1H3. The molecule has 132 valence electrons. The number of piperazine rings is 1. The lowest BCUT2D eigenvalue weighted by Crippen LogP contribution is -2.46. The summed E-state index contributed by atoms with van der Waals surface area (Å²) in [5, 5.41) is 4.17. The van der Waals surface area contributed by atoms with E-state index in [1.807, 2.05) is 6.07 Å². The van der Waals surface area contributed by atoms with Crippen molar-refractivity contribution in [2.24, 2.45) is 0 Å². The topological polar surface area (TPSA) is 44.6 Å². The molecule has 3 heterocycles. The number of fused-ring (bicyclic) bond motifs is 1. The quantitative estimate of drug-likeness (QED) is 0.853. The van der Waals surface area contributed by atoms with Gasteiger partial charge in [-0.2, -0.15) is 5.10 Å². The first-order valence-electron chi connectivity index (χ1n) is 8.78. The minimum atomic E-state index is -0.330. The van der Waals surface area contributed by atoms with Crippen LogP contribution < -0.4 is 9.80 Å². The number of carbonyl (C=O) groups excluding carboxylic acids is 1. The van der Waals surface area contributed by atoms with Crippen molar-refractivity contribution in [3.8, 4) is 0 Å². The Hall–Kier alpha value is -2.41. The SMILES string of the molecule is CCN1CCN(c2ccc(C(=O)N3CCn4nccc43)cc2F)CC1. The lowest BCUT2D eigenvalue weighted by molar-refractivity contribution is 0.0989. The summed E-state index contributed by atoms with van der Waals surface area (Å²) in [5.41, 5.74) is 0.960. The molecule has 0 bridgehead atoms. The first kappa shape index (κ1) is 16.1. The van der Waals surface area contributed by atoms with Gasteiger partial charge in [0.25, 0.3) is 5.91 Å². The predicted molar refractivity (Wildman–Crippen MR) is 94.6 cm³/mol. The molecule has 4 rings (SSSR count). The number of hydrogen-bond donors (Lipinski definition) is 0. The van der Waals surface area contributed by atoms with E-state index in [1.165, 1.54) is 6.07 Å². The number of carbonyl (C=O) groups is 1. The minimum Gasteiger partial charge on any atom is -0.367 e. The van der Waals surface area contributed by atoms with E-state index < -0.39 is 0 Å². The molecule has 0 N–H and O–H groups in total. The van der Waals surface area contributed by atoms with Crippen LogP contribution in [0.15, 0.2) is 30.5 Å². The van der Waals surface area contributed by atoms with Crippen LogP contribution in [0.25, 0.3) is 0 Å². The van der Waals surface area contributed by atoms with E-state index in [1.54, 1.807) is 27.9 Å². The van der Waals surface area contributed by atoms with Gasteiger partial charge in [-0.15, -0.1) is 0 Å². The van der Waals surface area contributed by atoms with Crippen LogP contribution in [0.5, 0.6) is 0 Å². The molecular weight excluding hydrogens is 321 g/mol. The van der Waals surface area contributed by atoms with E-state index in [0.717, 1.165) is 38.5 Å². The Morgan fingerprint density at radius 3 is 2.64 bits per heavy atom. The molecule has 1 saturated heterocycles. The molecule has 0 unspecified atom stereocenters. The molecule has 2 aliphatic heterocycles. The first-order valence-corrected chi connectivity index (χ1v) is 8.78.